The van der Waals surface area contributed by atoms with Crippen molar-refractivity contribution in [3.63, 3.8) is 0 Å². The van der Waals surface area contributed by atoms with Crippen LogP contribution in [0, 0.1) is 13.8 Å². The van der Waals surface area contributed by atoms with Gasteiger partial charge in [-0.15, -0.1) is 0 Å². The normalized spacial score (nSPS) is 10.5. The maximum Gasteiger partial charge on any atom is 0.276 e. The second-order valence-corrected chi connectivity index (χ2v) is 6.21. The molecule has 2 aromatic heterocycles. The van der Waals surface area contributed by atoms with Gasteiger partial charge in [0.15, 0.2) is 6.61 Å². The monoisotopic (exact) mass is 367 g/mol. The first-order chi connectivity index (χ1) is 12.9. The minimum Gasteiger partial charge on any atom is -0.484 e. The Morgan fingerprint density at radius 3 is 2.41 bits per heavy atom. The number of aromatic nitrogens is 3. The van der Waals surface area contributed by atoms with Crippen molar-refractivity contribution in [2.24, 2.45) is 7.05 Å². The van der Waals surface area contributed by atoms with E-state index in [0.29, 0.717) is 17.1 Å². The van der Waals surface area contributed by atoms with Gasteiger partial charge in [-0.2, -0.15) is 5.10 Å². The van der Waals surface area contributed by atoms with E-state index in [1.807, 2.05) is 56.6 Å². The molecule has 0 spiro atoms. The number of amides is 2. The average Bonchev–Trinajstić information content (AvgIpc) is 3.26. The minimum absolute atomic E-state index is 0.208. The van der Waals surface area contributed by atoms with Gasteiger partial charge >= 0.3 is 0 Å². The highest BCUT2D eigenvalue weighted by molar-refractivity contribution is 5.98. The van der Waals surface area contributed by atoms with E-state index in [9.17, 15) is 9.59 Å². The minimum atomic E-state index is -0.466. The van der Waals surface area contributed by atoms with Crippen LogP contribution in [0.5, 0.6) is 5.75 Å². The molecule has 0 saturated carbocycles. The van der Waals surface area contributed by atoms with Crippen LogP contribution in [0.3, 0.4) is 0 Å². The Morgan fingerprint density at radius 2 is 1.74 bits per heavy atom. The number of aryl methyl sites for hydroxylation is 3. The molecule has 3 aromatic rings. The fourth-order valence-electron chi connectivity index (χ4n) is 2.77. The molecule has 0 aliphatic rings. The zero-order valence-electron chi connectivity index (χ0n) is 15.4. The lowest BCUT2D eigenvalue weighted by Crippen LogP contribution is -2.44. The first-order valence-electron chi connectivity index (χ1n) is 8.39. The smallest absolute Gasteiger partial charge is 0.276 e. The molecule has 0 radical (unpaired) electrons. The highest BCUT2D eigenvalue weighted by Gasteiger charge is 2.17. The van der Waals surface area contributed by atoms with E-state index in [0.717, 1.165) is 11.1 Å². The first kappa shape index (κ1) is 18.2. The van der Waals surface area contributed by atoms with E-state index < -0.39 is 11.8 Å². The highest BCUT2D eigenvalue weighted by atomic mass is 16.5. The summed E-state index contributed by atoms with van der Waals surface area (Å²) in [7, 11) is 1.74. The third-order valence-corrected chi connectivity index (χ3v) is 3.88. The molecular formula is C19H21N5O3. The summed E-state index contributed by atoms with van der Waals surface area (Å²) in [6, 6.07) is 9.40. The molecule has 8 heteroatoms. The second kappa shape index (κ2) is 7.77. The Hall–Kier alpha value is -3.55. The SMILES string of the molecule is Cc1cc(C)cc(OCC(=O)NNC(=O)c2cnn(C)c2-n2cccc2)c1. The first-order valence-corrected chi connectivity index (χ1v) is 8.39. The maximum absolute atomic E-state index is 12.4. The molecule has 2 amide bonds. The third-order valence-electron chi connectivity index (χ3n) is 3.88. The van der Waals surface area contributed by atoms with Gasteiger partial charge in [0.05, 0.1) is 6.20 Å². The standard InChI is InChI=1S/C19H21N5O3/c1-13-8-14(2)10-15(9-13)27-12-17(25)21-22-18(26)16-11-20-23(3)19(16)24-6-4-5-7-24/h4-11H,12H2,1-3H3,(H,21,25)(H,22,26). The van der Waals surface area contributed by atoms with Gasteiger partial charge in [0.2, 0.25) is 0 Å². The van der Waals surface area contributed by atoms with Crippen LogP contribution < -0.4 is 15.6 Å². The number of hydrazine groups is 1. The van der Waals surface area contributed by atoms with Crippen LogP contribution in [0.15, 0.2) is 48.9 Å². The van der Waals surface area contributed by atoms with Crippen molar-refractivity contribution in [1.82, 2.24) is 25.2 Å². The van der Waals surface area contributed by atoms with Gasteiger partial charge < -0.3 is 9.30 Å². The molecule has 140 valence electrons. The van der Waals surface area contributed by atoms with E-state index in [2.05, 4.69) is 16.0 Å². The number of ether oxygens (including phenoxy) is 1. The second-order valence-electron chi connectivity index (χ2n) is 6.21. The summed E-state index contributed by atoms with van der Waals surface area (Å²) in [5.74, 6) is 0.273. The van der Waals surface area contributed by atoms with Crippen LogP contribution in [-0.2, 0) is 11.8 Å². The van der Waals surface area contributed by atoms with Gasteiger partial charge in [-0.1, -0.05) is 6.07 Å². The summed E-state index contributed by atoms with van der Waals surface area (Å²) in [6.07, 6.45) is 5.07. The Morgan fingerprint density at radius 1 is 1.07 bits per heavy atom. The summed E-state index contributed by atoms with van der Waals surface area (Å²) in [6.45, 7) is 3.70. The van der Waals surface area contributed by atoms with Crippen molar-refractivity contribution in [2.45, 2.75) is 13.8 Å². The van der Waals surface area contributed by atoms with Gasteiger partial charge in [-0.25, -0.2) is 0 Å². The lowest BCUT2D eigenvalue weighted by Gasteiger charge is -2.11. The van der Waals surface area contributed by atoms with Crippen LogP contribution in [0.25, 0.3) is 5.82 Å². The Bertz CT molecular complexity index is 940. The molecule has 2 heterocycles. The Kier molecular flexibility index (Phi) is 5.25. The van der Waals surface area contributed by atoms with E-state index in [1.54, 1.807) is 16.3 Å². The largest absolute Gasteiger partial charge is 0.484 e. The summed E-state index contributed by atoms with van der Waals surface area (Å²) in [5, 5.41) is 4.11. The van der Waals surface area contributed by atoms with E-state index >= 15 is 0 Å². The molecule has 0 aliphatic carbocycles. The lowest BCUT2D eigenvalue weighted by atomic mass is 10.1. The number of hydrogen-bond donors (Lipinski definition) is 2. The Balaban J connectivity index is 1.57. The number of rotatable bonds is 5. The van der Waals surface area contributed by atoms with E-state index in [4.69, 9.17) is 4.74 Å². The molecule has 0 atom stereocenters. The van der Waals surface area contributed by atoms with Crippen LogP contribution in [0.4, 0.5) is 0 Å². The van der Waals surface area contributed by atoms with Gasteiger partial charge in [0.25, 0.3) is 11.8 Å². The van der Waals surface area contributed by atoms with Crippen molar-refractivity contribution < 1.29 is 14.3 Å². The zero-order chi connectivity index (χ0) is 19.4. The predicted octanol–water partition coefficient (Wildman–Crippen LogP) is 1.67. The van der Waals surface area contributed by atoms with Crippen LogP contribution in [0.2, 0.25) is 0 Å². The summed E-state index contributed by atoms with van der Waals surface area (Å²) < 4.78 is 8.82. The molecule has 27 heavy (non-hydrogen) atoms. The van der Waals surface area contributed by atoms with Crippen LogP contribution >= 0.6 is 0 Å². The number of carbonyl (C=O) groups is 2. The van der Waals surface area contributed by atoms with E-state index in [1.165, 1.54) is 6.20 Å². The van der Waals surface area contributed by atoms with Gasteiger partial charge in [0, 0.05) is 19.4 Å². The lowest BCUT2D eigenvalue weighted by molar-refractivity contribution is -0.123. The molecular weight excluding hydrogens is 346 g/mol. The Labute approximate surface area is 156 Å². The summed E-state index contributed by atoms with van der Waals surface area (Å²) in [4.78, 5) is 24.4. The number of hydrogen-bond acceptors (Lipinski definition) is 4. The molecule has 3 rings (SSSR count). The van der Waals surface area contributed by atoms with Crippen LogP contribution in [0.1, 0.15) is 21.5 Å². The summed E-state index contributed by atoms with van der Waals surface area (Å²) in [5.41, 5.74) is 7.18. The topological polar surface area (TPSA) is 90.2 Å². The molecule has 0 fully saturated rings. The van der Waals surface area contributed by atoms with Crippen molar-refractivity contribution in [3.8, 4) is 11.6 Å². The average molecular weight is 367 g/mol. The quantitative estimate of drug-likeness (QED) is 0.671. The molecule has 2 N–H and O–H groups in total. The van der Waals surface area contributed by atoms with Gasteiger partial charge in [-0.05, 0) is 49.2 Å². The van der Waals surface area contributed by atoms with Crippen molar-refractivity contribution >= 4 is 11.8 Å². The number of benzene rings is 1. The van der Waals surface area contributed by atoms with Crippen molar-refractivity contribution in [1.29, 1.82) is 0 Å². The fraction of sp³-hybridized carbons (Fsp3) is 0.211. The number of nitrogens with zero attached hydrogens (tertiary/aromatic N) is 3. The molecule has 0 saturated heterocycles. The van der Waals surface area contributed by atoms with Crippen LogP contribution in [-0.4, -0.2) is 32.8 Å². The third kappa shape index (κ3) is 4.35. The van der Waals surface area contributed by atoms with Crippen molar-refractivity contribution in [2.75, 3.05) is 6.61 Å². The molecule has 0 aliphatic heterocycles. The predicted molar refractivity (Wildman–Crippen MR) is 99.6 cm³/mol. The molecule has 0 bridgehead atoms. The highest BCUT2D eigenvalue weighted by Crippen LogP contribution is 2.16. The fourth-order valence-corrected chi connectivity index (χ4v) is 2.77. The maximum atomic E-state index is 12.4. The number of carbonyl (C=O) groups excluding carboxylic acids is 2. The van der Waals surface area contributed by atoms with Crippen molar-refractivity contribution in [3.05, 3.63) is 65.6 Å². The molecule has 8 nitrogen and oxygen atoms in total. The number of nitrogens with one attached hydrogen (secondary N) is 2. The molecule has 1 aromatic carbocycles. The zero-order valence-corrected chi connectivity index (χ0v) is 15.4. The van der Waals surface area contributed by atoms with Gasteiger partial charge in [0.1, 0.15) is 17.1 Å². The van der Waals surface area contributed by atoms with E-state index in [-0.39, 0.29) is 6.61 Å². The molecule has 0 unspecified atom stereocenters. The van der Waals surface area contributed by atoms with Gasteiger partial charge in [-0.3, -0.25) is 25.1 Å². The summed E-state index contributed by atoms with van der Waals surface area (Å²) >= 11 is 0.